The predicted molar refractivity (Wildman–Crippen MR) is 78.0 cm³/mol. The number of carbonyl (C=O) groups is 1. The molecule has 0 saturated carbocycles. The van der Waals surface area contributed by atoms with Crippen molar-refractivity contribution in [3.63, 3.8) is 0 Å². The van der Waals surface area contributed by atoms with Crippen molar-refractivity contribution in [3.8, 4) is 0 Å². The molecule has 5 heteroatoms. The van der Waals surface area contributed by atoms with E-state index >= 15 is 0 Å². The van der Waals surface area contributed by atoms with E-state index in [0.29, 0.717) is 0 Å². The Kier molecular flexibility index (Phi) is 9.42. The molecule has 1 saturated heterocycles. The summed E-state index contributed by atoms with van der Waals surface area (Å²) in [6, 6.07) is -0.146. The van der Waals surface area contributed by atoms with Gasteiger partial charge in [-0.05, 0) is 39.3 Å². The van der Waals surface area contributed by atoms with E-state index in [4.69, 9.17) is 5.73 Å². The zero-order valence-corrected chi connectivity index (χ0v) is 12.5. The topological polar surface area (TPSA) is 58.4 Å². The summed E-state index contributed by atoms with van der Waals surface area (Å²) in [6.45, 7) is 7.39. The first-order valence-corrected chi connectivity index (χ1v) is 6.91. The quantitative estimate of drug-likeness (QED) is 0.774. The SMILES string of the molecule is CCCC(N)C(=O)NC(C)CN1CCCCC1.Cl. The number of nitrogens with zero attached hydrogens (tertiary/aromatic N) is 1. The molecule has 2 unspecified atom stereocenters. The predicted octanol–water partition coefficient (Wildman–Crippen LogP) is 1.53. The van der Waals surface area contributed by atoms with Gasteiger partial charge in [-0.3, -0.25) is 4.79 Å². The number of likely N-dealkylation sites (tertiary alicyclic amines) is 1. The lowest BCUT2D eigenvalue weighted by atomic mass is 10.1. The Morgan fingerprint density at radius 2 is 1.94 bits per heavy atom. The summed E-state index contributed by atoms with van der Waals surface area (Å²) in [5.41, 5.74) is 5.78. The zero-order valence-electron chi connectivity index (χ0n) is 11.7. The molecule has 0 aromatic rings. The lowest BCUT2D eigenvalue weighted by molar-refractivity contribution is -0.123. The molecule has 1 fully saturated rings. The molecule has 0 radical (unpaired) electrons. The largest absolute Gasteiger partial charge is 0.351 e. The molecule has 0 aliphatic carbocycles. The highest BCUT2D eigenvalue weighted by molar-refractivity contribution is 5.85. The van der Waals surface area contributed by atoms with Crippen molar-refractivity contribution in [3.05, 3.63) is 0 Å². The molecule has 0 aromatic heterocycles. The van der Waals surface area contributed by atoms with Crippen LogP contribution in [0.2, 0.25) is 0 Å². The van der Waals surface area contributed by atoms with Gasteiger partial charge in [0, 0.05) is 12.6 Å². The van der Waals surface area contributed by atoms with Crippen molar-refractivity contribution in [2.75, 3.05) is 19.6 Å². The molecule has 0 bridgehead atoms. The number of piperidine rings is 1. The average Bonchev–Trinajstić information content (AvgIpc) is 2.30. The fourth-order valence-electron chi connectivity index (χ4n) is 2.37. The summed E-state index contributed by atoms with van der Waals surface area (Å²) >= 11 is 0. The fourth-order valence-corrected chi connectivity index (χ4v) is 2.37. The Labute approximate surface area is 117 Å². The summed E-state index contributed by atoms with van der Waals surface area (Å²) in [5.74, 6) is -0.00337. The number of nitrogens with two attached hydrogens (primary N) is 1. The molecule has 18 heavy (non-hydrogen) atoms. The Balaban J connectivity index is 0.00000289. The van der Waals surface area contributed by atoms with Crippen LogP contribution in [0.3, 0.4) is 0 Å². The maximum absolute atomic E-state index is 11.7. The number of halogens is 1. The van der Waals surface area contributed by atoms with E-state index in [1.807, 2.05) is 6.92 Å². The maximum Gasteiger partial charge on any atom is 0.237 e. The number of hydrogen-bond donors (Lipinski definition) is 2. The van der Waals surface area contributed by atoms with Crippen molar-refractivity contribution < 1.29 is 4.79 Å². The number of hydrogen-bond acceptors (Lipinski definition) is 3. The second-order valence-corrected chi connectivity index (χ2v) is 5.17. The van der Waals surface area contributed by atoms with Crippen LogP contribution in [-0.2, 0) is 4.79 Å². The molecule has 108 valence electrons. The van der Waals surface area contributed by atoms with Crippen molar-refractivity contribution in [1.29, 1.82) is 0 Å². The summed E-state index contributed by atoms with van der Waals surface area (Å²) in [4.78, 5) is 14.2. The minimum atomic E-state index is -0.344. The van der Waals surface area contributed by atoms with Gasteiger partial charge < -0.3 is 16.0 Å². The van der Waals surface area contributed by atoms with E-state index in [1.54, 1.807) is 0 Å². The van der Waals surface area contributed by atoms with Gasteiger partial charge in [-0.1, -0.05) is 19.8 Å². The molecule has 3 N–H and O–H groups in total. The van der Waals surface area contributed by atoms with Crippen LogP contribution >= 0.6 is 12.4 Å². The molecule has 1 heterocycles. The Hall–Kier alpha value is -0.320. The van der Waals surface area contributed by atoms with Gasteiger partial charge in [0.2, 0.25) is 5.91 Å². The van der Waals surface area contributed by atoms with Gasteiger partial charge in [0.1, 0.15) is 0 Å². The highest BCUT2D eigenvalue weighted by atomic mass is 35.5. The molecule has 1 rings (SSSR count). The van der Waals surface area contributed by atoms with Gasteiger partial charge in [-0.15, -0.1) is 12.4 Å². The molecular weight excluding hydrogens is 250 g/mol. The van der Waals surface area contributed by atoms with Crippen LogP contribution in [-0.4, -0.2) is 42.5 Å². The number of carbonyl (C=O) groups excluding carboxylic acids is 1. The van der Waals surface area contributed by atoms with Crippen molar-refractivity contribution >= 4 is 18.3 Å². The van der Waals surface area contributed by atoms with Crippen molar-refractivity contribution in [1.82, 2.24) is 10.2 Å². The van der Waals surface area contributed by atoms with Crippen LogP contribution in [0.4, 0.5) is 0 Å². The van der Waals surface area contributed by atoms with Gasteiger partial charge in [0.25, 0.3) is 0 Å². The number of rotatable bonds is 6. The van der Waals surface area contributed by atoms with E-state index < -0.39 is 0 Å². The third kappa shape index (κ3) is 6.57. The van der Waals surface area contributed by atoms with E-state index in [0.717, 1.165) is 19.4 Å². The van der Waals surface area contributed by atoms with Gasteiger partial charge >= 0.3 is 0 Å². The van der Waals surface area contributed by atoms with Gasteiger partial charge in [0.15, 0.2) is 0 Å². The van der Waals surface area contributed by atoms with Crippen LogP contribution in [0.15, 0.2) is 0 Å². The molecular formula is C13H28ClN3O. The molecule has 0 spiro atoms. The second kappa shape index (κ2) is 9.59. The zero-order chi connectivity index (χ0) is 12.7. The highest BCUT2D eigenvalue weighted by Gasteiger charge is 2.17. The van der Waals surface area contributed by atoms with Gasteiger partial charge in [-0.25, -0.2) is 0 Å². The lowest BCUT2D eigenvalue weighted by Crippen LogP contribution is -2.48. The Bertz CT molecular complexity index is 232. The fraction of sp³-hybridized carbons (Fsp3) is 0.923. The van der Waals surface area contributed by atoms with Crippen LogP contribution < -0.4 is 11.1 Å². The van der Waals surface area contributed by atoms with Crippen molar-refractivity contribution in [2.24, 2.45) is 5.73 Å². The van der Waals surface area contributed by atoms with Gasteiger partial charge in [-0.2, -0.15) is 0 Å². The molecule has 1 aliphatic heterocycles. The first-order chi connectivity index (χ1) is 8.13. The van der Waals surface area contributed by atoms with Gasteiger partial charge in [0.05, 0.1) is 6.04 Å². The maximum atomic E-state index is 11.7. The summed E-state index contributed by atoms with van der Waals surface area (Å²) in [7, 11) is 0. The third-order valence-corrected chi connectivity index (χ3v) is 3.31. The number of nitrogens with one attached hydrogen (secondary N) is 1. The highest BCUT2D eigenvalue weighted by Crippen LogP contribution is 2.08. The summed E-state index contributed by atoms with van der Waals surface area (Å²) < 4.78 is 0. The lowest BCUT2D eigenvalue weighted by Gasteiger charge is -2.29. The Morgan fingerprint density at radius 3 is 2.50 bits per heavy atom. The monoisotopic (exact) mass is 277 g/mol. The van der Waals surface area contributed by atoms with Crippen molar-refractivity contribution in [2.45, 2.75) is 58.0 Å². The van der Waals surface area contributed by atoms with E-state index in [2.05, 4.69) is 17.1 Å². The average molecular weight is 278 g/mol. The van der Waals surface area contributed by atoms with E-state index in [-0.39, 0.29) is 30.4 Å². The standard InChI is InChI=1S/C13H27N3O.ClH/c1-3-7-12(14)13(17)15-11(2)10-16-8-5-4-6-9-16;/h11-12H,3-10,14H2,1-2H3,(H,15,17);1H. The normalized spacial score (nSPS) is 19.7. The minimum Gasteiger partial charge on any atom is -0.351 e. The van der Waals surface area contributed by atoms with Crippen LogP contribution in [0, 0.1) is 0 Å². The summed E-state index contributed by atoms with van der Waals surface area (Å²) in [6.07, 6.45) is 5.64. The molecule has 0 aromatic carbocycles. The van der Waals surface area contributed by atoms with E-state index in [1.165, 1.54) is 32.4 Å². The molecule has 1 amide bonds. The molecule has 4 nitrogen and oxygen atoms in total. The first kappa shape index (κ1) is 17.7. The molecule has 1 aliphatic rings. The third-order valence-electron chi connectivity index (χ3n) is 3.31. The minimum absolute atomic E-state index is 0. The summed E-state index contributed by atoms with van der Waals surface area (Å²) in [5, 5.41) is 3.01. The smallest absolute Gasteiger partial charge is 0.237 e. The van der Waals surface area contributed by atoms with Crippen LogP contribution in [0.1, 0.15) is 46.0 Å². The number of amides is 1. The van der Waals surface area contributed by atoms with E-state index in [9.17, 15) is 4.79 Å². The Morgan fingerprint density at radius 1 is 1.33 bits per heavy atom. The van der Waals surface area contributed by atoms with Crippen LogP contribution in [0.25, 0.3) is 0 Å². The molecule has 2 atom stereocenters. The second-order valence-electron chi connectivity index (χ2n) is 5.17. The first-order valence-electron chi connectivity index (χ1n) is 6.91. The van der Waals surface area contributed by atoms with Crippen LogP contribution in [0.5, 0.6) is 0 Å².